The molecule has 2 aromatic heterocycles. The van der Waals surface area contributed by atoms with E-state index in [1.54, 1.807) is 18.8 Å². The Bertz CT molecular complexity index is 561. The van der Waals surface area contributed by atoms with Crippen molar-refractivity contribution < 1.29 is 9.21 Å². The highest BCUT2D eigenvalue weighted by atomic mass is 16.3. The molecule has 2 heterocycles. The van der Waals surface area contributed by atoms with Crippen LogP contribution in [0.4, 0.5) is 4.79 Å². The average molecular weight is 288 g/mol. The highest BCUT2D eigenvalue weighted by Crippen LogP contribution is 2.28. The zero-order valence-corrected chi connectivity index (χ0v) is 12.1. The molecule has 0 aliphatic heterocycles. The lowest BCUT2D eigenvalue weighted by atomic mass is 10.3. The number of rotatable bonds is 6. The Morgan fingerprint density at radius 2 is 2.48 bits per heavy atom. The van der Waals surface area contributed by atoms with Crippen LogP contribution in [0.2, 0.25) is 0 Å². The number of amides is 2. The maximum atomic E-state index is 12.4. The molecule has 1 N–H and O–H groups in total. The fourth-order valence-electron chi connectivity index (χ4n) is 2.37. The molecule has 6 heteroatoms. The van der Waals surface area contributed by atoms with Gasteiger partial charge in [-0.2, -0.15) is 0 Å². The summed E-state index contributed by atoms with van der Waals surface area (Å²) in [6, 6.07) is 4.11. The Labute approximate surface area is 123 Å². The molecule has 0 unspecified atom stereocenters. The summed E-state index contributed by atoms with van der Waals surface area (Å²) in [5.41, 5.74) is 0. The van der Waals surface area contributed by atoms with Gasteiger partial charge in [-0.15, -0.1) is 0 Å². The zero-order valence-electron chi connectivity index (χ0n) is 12.1. The van der Waals surface area contributed by atoms with Gasteiger partial charge in [-0.3, -0.25) is 0 Å². The van der Waals surface area contributed by atoms with Gasteiger partial charge < -0.3 is 19.2 Å². The van der Waals surface area contributed by atoms with E-state index in [1.807, 2.05) is 34.7 Å². The molecule has 1 aliphatic rings. The molecule has 1 fully saturated rings. The van der Waals surface area contributed by atoms with Gasteiger partial charge in [0.15, 0.2) is 0 Å². The van der Waals surface area contributed by atoms with Gasteiger partial charge in [0.25, 0.3) is 0 Å². The molecule has 0 radical (unpaired) electrons. The third-order valence-electron chi connectivity index (χ3n) is 3.57. The van der Waals surface area contributed by atoms with Gasteiger partial charge in [0, 0.05) is 31.0 Å². The van der Waals surface area contributed by atoms with Gasteiger partial charge in [0.2, 0.25) is 0 Å². The highest BCUT2D eigenvalue weighted by molar-refractivity contribution is 5.75. The van der Waals surface area contributed by atoms with E-state index in [2.05, 4.69) is 10.3 Å². The number of nitrogens with one attached hydrogen (secondary N) is 1. The number of aromatic nitrogens is 2. The lowest BCUT2D eigenvalue weighted by Gasteiger charge is -2.24. The quantitative estimate of drug-likeness (QED) is 0.886. The Balaban J connectivity index is 1.56. The summed E-state index contributed by atoms with van der Waals surface area (Å²) < 4.78 is 7.31. The number of carbonyl (C=O) groups is 1. The van der Waals surface area contributed by atoms with Crippen LogP contribution in [0.5, 0.6) is 0 Å². The number of urea groups is 1. The second-order valence-corrected chi connectivity index (χ2v) is 5.55. The standard InChI is InChI=1S/C15H20N4O2/c1-12(9-18-7-6-16-11-18)17-15(20)19(13-4-5-13)10-14-3-2-8-21-14/h2-3,6-8,11-13H,4-5,9-10H2,1H3,(H,17,20)/t12-/m1/s1. The average Bonchev–Trinajstić information content (AvgIpc) is 2.94. The second kappa shape index (κ2) is 6.03. The van der Waals surface area contributed by atoms with E-state index < -0.39 is 0 Å². The number of hydrogen-bond acceptors (Lipinski definition) is 3. The Morgan fingerprint density at radius 1 is 1.62 bits per heavy atom. The summed E-state index contributed by atoms with van der Waals surface area (Å²) in [5, 5.41) is 3.05. The summed E-state index contributed by atoms with van der Waals surface area (Å²) in [5.74, 6) is 0.819. The summed E-state index contributed by atoms with van der Waals surface area (Å²) in [6.07, 6.45) is 9.17. The fraction of sp³-hybridized carbons (Fsp3) is 0.467. The molecule has 112 valence electrons. The topological polar surface area (TPSA) is 63.3 Å². The smallest absolute Gasteiger partial charge is 0.318 e. The van der Waals surface area contributed by atoms with Gasteiger partial charge >= 0.3 is 6.03 Å². The third kappa shape index (κ3) is 3.65. The second-order valence-electron chi connectivity index (χ2n) is 5.55. The third-order valence-corrected chi connectivity index (χ3v) is 3.57. The molecule has 1 aliphatic carbocycles. The van der Waals surface area contributed by atoms with Crippen molar-refractivity contribution in [2.24, 2.45) is 0 Å². The summed E-state index contributed by atoms with van der Waals surface area (Å²) in [4.78, 5) is 18.3. The lowest BCUT2D eigenvalue weighted by Crippen LogP contribution is -2.45. The number of imidazole rings is 1. The molecule has 1 saturated carbocycles. The van der Waals surface area contributed by atoms with Gasteiger partial charge in [-0.05, 0) is 31.9 Å². The number of furan rings is 1. The van der Waals surface area contributed by atoms with Crippen LogP contribution in [0.3, 0.4) is 0 Å². The number of nitrogens with zero attached hydrogens (tertiary/aromatic N) is 3. The van der Waals surface area contributed by atoms with Crippen molar-refractivity contribution >= 4 is 6.03 Å². The van der Waals surface area contributed by atoms with Gasteiger partial charge in [0.1, 0.15) is 5.76 Å². The molecule has 2 aromatic rings. The monoisotopic (exact) mass is 288 g/mol. The van der Waals surface area contributed by atoms with Crippen LogP contribution in [0, 0.1) is 0 Å². The Hall–Kier alpha value is -2.24. The maximum Gasteiger partial charge on any atom is 0.318 e. The van der Waals surface area contributed by atoms with Crippen molar-refractivity contribution in [2.45, 2.75) is 44.9 Å². The first-order chi connectivity index (χ1) is 10.2. The van der Waals surface area contributed by atoms with Crippen LogP contribution in [0.25, 0.3) is 0 Å². The van der Waals surface area contributed by atoms with E-state index in [-0.39, 0.29) is 12.1 Å². The molecular weight excluding hydrogens is 268 g/mol. The first-order valence-electron chi connectivity index (χ1n) is 7.27. The van der Waals surface area contributed by atoms with Crippen LogP contribution in [-0.2, 0) is 13.1 Å². The minimum absolute atomic E-state index is 0.0264. The van der Waals surface area contributed by atoms with Crippen molar-refractivity contribution in [3.8, 4) is 0 Å². The van der Waals surface area contributed by atoms with Crippen LogP contribution in [-0.4, -0.2) is 32.6 Å². The van der Waals surface area contributed by atoms with Crippen LogP contribution in [0.1, 0.15) is 25.5 Å². The maximum absolute atomic E-state index is 12.4. The minimum Gasteiger partial charge on any atom is -0.467 e. The van der Waals surface area contributed by atoms with Crippen molar-refractivity contribution in [1.29, 1.82) is 0 Å². The van der Waals surface area contributed by atoms with Crippen molar-refractivity contribution in [3.63, 3.8) is 0 Å². The summed E-state index contributed by atoms with van der Waals surface area (Å²) in [7, 11) is 0. The van der Waals surface area contributed by atoms with E-state index in [4.69, 9.17) is 4.42 Å². The van der Waals surface area contributed by atoms with Crippen molar-refractivity contribution in [3.05, 3.63) is 42.9 Å². The largest absolute Gasteiger partial charge is 0.467 e. The number of hydrogen-bond donors (Lipinski definition) is 1. The molecule has 0 bridgehead atoms. The lowest BCUT2D eigenvalue weighted by molar-refractivity contribution is 0.182. The fourth-order valence-corrected chi connectivity index (χ4v) is 2.37. The molecule has 0 saturated heterocycles. The molecule has 21 heavy (non-hydrogen) atoms. The van der Waals surface area contributed by atoms with Crippen molar-refractivity contribution in [1.82, 2.24) is 19.8 Å². The van der Waals surface area contributed by atoms with E-state index in [1.165, 1.54) is 0 Å². The first kappa shape index (κ1) is 13.7. The Morgan fingerprint density at radius 3 is 3.10 bits per heavy atom. The molecule has 1 atom stereocenters. The van der Waals surface area contributed by atoms with E-state index in [0.717, 1.165) is 18.6 Å². The van der Waals surface area contributed by atoms with E-state index >= 15 is 0 Å². The minimum atomic E-state index is -0.0264. The first-order valence-corrected chi connectivity index (χ1v) is 7.27. The Kier molecular flexibility index (Phi) is 3.94. The molecule has 3 rings (SSSR count). The predicted molar refractivity (Wildman–Crippen MR) is 77.5 cm³/mol. The molecule has 6 nitrogen and oxygen atoms in total. The van der Waals surface area contributed by atoms with Crippen molar-refractivity contribution in [2.75, 3.05) is 0 Å². The molecule has 0 spiro atoms. The van der Waals surface area contributed by atoms with Crippen LogP contribution in [0.15, 0.2) is 41.5 Å². The summed E-state index contributed by atoms with van der Waals surface area (Å²) in [6.45, 7) is 3.24. The van der Waals surface area contributed by atoms with Gasteiger partial charge in [0.05, 0.1) is 19.1 Å². The summed E-state index contributed by atoms with van der Waals surface area (Å²) >= 11 is 0. The number of carbonyl (C=O) groups excluding carboxylic acids is 1. The predicted octanol–water partition coefficient (Wildman–Crippen LogP) is 2.24. The van der Waals surface area contributed by atoms with Crippen LogP contribution >= 0.6 is 0 Å². The zero-order chi connectivity index (χ0) is 14.7. The highest BCUT2D eigenvalue weighted by Gasteiger charge is 2.33. The van der Waals surface area contributed by atoms with Gasteiger partial charge in [-0.1, -0.05) is 0 Å². The van der Waals surface area contributed by atoms with Gasteiger partial charge in [-0.25, -0.2) is 9.78 Å². The van der Waals surface area contributed by atoms with Crippen LogP contribution < -0.4 is 5.32 Å². The molecule has 0 aromatic carbocycles. The molecular formula is C15H20N4O2. The SMILES string of the molecule is C[C@H](Cn1ccnc1)NC(=O)N(Cc1ccco1)C1CC1. The normalized spacial score (nSPS) is 15.7. The van der Waals surface area contributed by atoms with E-state index in [0.29, 0.717) is 19.1 Å². The van der Waals surface area contributed by atoms with E-state index in [9.17, 15) is 4.79 Å². The molecule has 2 amide bonds.